The summed E-state index contributed by atoms with van der Waals surface area (Å²) < 4.78 is 0. The normalized spacial score (nSPS) is 12.8. The van der Waals surface area contributed by atoms with Crippen LogP contribution in [-0.2, 0) is 19.3 Å². The van der Waals surface area contributed by atoms with Crippen molar-refractivity contribution in [2.45, 2.75) is 39.0 Å². The molecule has 1 aliphatic carbocycles. The first-order chi connectivity index (χ1) is 10.3. The van der Waals surface area contributed by atoms with E-state index in [4.69, 9.17) is 0 Å². The molecule has 1 N–H and O–H groups in total. The van der Waals surface area contributed by atoms with Crippen LogP contribution in [0, 0.1) is 11.3 Å². The van der Waals surface area contributed by atoms with Gasteiger partial charge in [0.1, 0.15) is 11.9 Å². The number of pyridine rings is 1. The Labute approximate surface area is 125 Å². The van der Waals surface area contributed by atoms with Gasteiger partial charge in [-0.2, -0.15) is 5.26 Å². The SMILES string of the molecule is CCCc1ccc(Nc2nc3c(cc2C#N)CCC3)cc1. The highest BCUT2D eigenvalue weighted by Gasteiger charge is 2.16. The van der Waals surface area contributed by atoms with Gasteiger partial charge >= 0.3 is 0 Å². The Bertz CT molecular complexity index is 681. The van der Waals surface area contributed by atoms with Gasteiger partial charge in [-0.1, -0.05) is 25.5 Å². The molecule has 0 spiro atoms. The highest BCUT2D eigenvalue weighted by Crippen LogP contribution is 2.27. The molecule has 0 saturated carbocycles. The average molecular weight is 277 g/mol. The zero-order chi connectivity index (χ0) is 14.7. The van der Waals surface area contributed by atoms with Crippen molar-refractivity contribution in [3.05, 3.63) is 52.7 Å². The maximum absolute atomic E-state index is 9.31. The van der Waals surface area contributed by atoms with Gasteiger partial charge in [-0.25, -0.2) is 4.98 Å². The lowest BCUT2D eigenvalue weighted by atomic mass is 10.1. The lowest BCUT2D eigenvalue weighted by Gasteiger charge is -2.10. The number of fused-ring (bicyclic) bond motifs is 1. The molecule has 2 aromatic rings. The van der Waals surface area contributed by atoms with Crippen LogP contribution in [0.4, 0.5) is 11.5 Å². The van der Waals surface area contributed by atoms with Crippen LogP contribution >= 0.6 is 0 Å². The second-order valence-corrected chi connectivity index (χ2v) is 5.53. The summed E-state index contributed by atoms with van der Waals surface area (Å²) in [6.45, 7) is 2.18. The maximum atomic E-state index is 9.31. The molecule has 0 aliphatic heterocycles. The van der Waals surface area contributed by atoms with Crippen molar-refractivity contribution < 1.29 is 0 Å². The van der Waals surface area contributed by atoms with Gasteiger partial charge in [0.15, 0.2) is 0 Å². The van der Waals surface area contributed by atoms with E-state index in [0.717, 1.165) is 43.5 Å². The Hall–Kier alpha value is -2.34. The van der Waals surface area contributed by atoms with Crippen LogP contribution in [0.5, 0.6) is 0 Å². The van der Waals surface area contributed by atoms with Gasteiger partial charge < -0.3 is 5.32 Å². The molecule has 0 amide bonds. The first-order valence-corrected chi connectivity index (χ1v) is 7.59. The molecule has 0 atom stereocenters. The number of anilines is 2. The number of nitrogens with zero attached hydrogens (tertiary/aromatic N) is 2. The van der Waals surface area contributed by atoms with E-state index in [-0.39, 0.29) is 0 Å². The largest absolute Gasteiger partial charge is 0.339 e. The van der Waals surface area contributed by atoms with E-state index in [2.05, 4.69) is 47.6 Å². The summed E-state index contributed by atoms with van der Waals surface area (Å²) in [7, 11) is 0. The van der Waals surface area contributed by atoms with Crippen LogP contribution < -0.4 is 5.32 Å². The third kappa shape index (κ3) is 2.90. The topological polar surface area (TPSA) is 48.7 Å². The lowest BCUT2D eigenvalue weighted by molar-refractivity contribution is 0.900. The third-order valence-corrected chi connectivity index (χ3v) is 3.93. The molecular formula is C18H19N3. The highest BCUT2D eigenvalue weighted by molar-refractivity contribution is 5.64. The van der Waals surface area contributed by atoms with Crippen LogP contribution in [0.1, 0.15) is 42.1 Å². The van der Waals surface area contributed by atoms with Gasteiger partial charge in [-0.3, -0.25) is 0 Å². The maximum Gasteiger partial charge on any atom is 0.148 e. The van der Waals surface area contributed by atoms with E-state index in [1.165, 1.54) is 11.1 Å². The van der Waals surface area contributed by atoms with Crippen LogP contribution in [0.2, 0.25) is 0 Å². The van der Waals surface area contributed by atoms with Gasteiger partial charge in [-0.15, -0.1) is 0 Å². The number of hydrogen-bond acceptors (Lipinski definition) is 3. The van der Waals surface area contributed by atoms with Crippen molar-refractivity contribution >= 4 is 11.5 Å². The van der Waals surface area contributed by atoms with Crippen molar-refractivity contribution in [1.29, 1.82) is 5.26 Å². The molecule has 3 nitrogen and oxygen atoms in total. The Balaban J connectivity index is 1.86. The van der Waals surface area contributed by atoms with E-state index in [9.17, 15) is 5.26 Å². The van der Waals surface area contributed by atoms with Gasteiger partial charge in [-0.05, 0) is 55.0 Å². The predicted octanol–water partition coefficient (Wildman–Crippen LogP) is 4.14. The fourth-order valence-corrected chi connectivity index (χ4v) is 2.83. The van der Waals surface area contributed by atoms with E-state index < -0.39 is 0 Å². The Morgan fingerprint density at radius 3 is 2.76 bits per heavy atom. The Morgan fingerprint density at radius 2 is 2.05 bits per heavy atom. The fraction of sp³-hybridized carbons (Fsp3) is 0.333. The molecule has 106 valence electrons. The van der Waals surface area contributed by atoms with Gasteiger partial charge in [0, 0.05) is 11.4 Å². The predicted molar refractivity (Wildman–Crippen MR) is 84.7 cm³/mol. The fourth-order valence-electron chi connectivity index (χ4n) is 2.83. The van der Waals surface area contributed by atoms with Crippen molar-refractivity contribution in [2.75, 3.05) is 5.32 Å². The molecule has 1 aromatic heterocycles. The van der Waals surface area contributed by atoms with Gasteiger partial charge in [0.25, 0.3) is 0 Å². The summed E-state index contributed by atoms with van der Waals surface area (Å²) in [5.74, 6) is 0.682. The quantitative estimate of drug-likeness (QED) is 0.913. The standard InChI is InChI=1S/C18H19N3/c1-2-4-13-7-9-16(10-8-13)20-18-15(12-19)11-14-5-3-6-17(14)21-18/h7-11H,2-6H2,1H3,(H,20,21). The number of nitrogens with one attached hydrogen (secondary N) is 1. The first kappa shape index (κ1) is 13.6. The summed E-state index contributed by atoms with van der Waals surface area (Å²) in [6.07, 6.45) is 5.45. The van der Waals surface area contributed by atoms with Crippen LogP contribution in [-0.4, -0.2) is 4.98 Å². The molecule has 0 fully saturated rings. The van der Waals surface area contributed by atoms with Crippen molar-refractivity contribution in [1.82, 2.24) is 4.98 Å². The number of nitriles is 1. The number of aromatic nitrogens is 1. The molecule has 3 heteroatoms. The van der Waals surface area contributed by atoms with Crippen LogP contribution in [0.15, 0.2) is 30.3 Å². The molecule has 21 heavy (non-hydrogen) atoms. The lowest BCUT2D eigenvalue weighted by Crippen LogP contribution is -2.01. The molecule has 0 bridgehead atoms. The number of benzene rings is 1. The van der Waals surface area contributed by atoms with Crippen LogP contribution in [0.3, 0.4) is 0 Å². The molecule has 0 radical (unpaired) electrons. The van der Waals surface area contributed by atoms with E-state index in [1.807, 2.05) is 6.07 Å². The van der Waals surface area contributed by atoms with Crippen LogP contribution in [0.25, 0.3) is 0 Å². The second kappa shape index (κ2) is 5.97. The molecule has 1 aromatic carbocycles. The zero-order valence-corrected chi connectivity index (χ0v) is 12.3. The van der Waals surface area contributed by atoms with E-state index in [0.29, 0.717) is 11.4 Å². The minimum absolute atomic E-state index is 0.633. The summed E-state index contributed by atoms with van der Waals surface area (Å²) in [6, 6.07) is 12.6. The molecule has 0 saturated heterocycles. The molecule has 3 rings (SSSR count). The van der Waals surface area contributed by atoms with Crippen molar-refractivity contribution in [2.24, 2.45) is 0 Å². The third-order valence-electron chi connectivity index (χ3n) is 3.93. The second-order valence-electron chi connectivity index (χ2n) is 5.53. The van der Waals surface area contributed by atoms with Crippen molar-refractivity contribution in [3.8, 4) is 6.07 Å². The molecule has 0 unspecified atom stereocenters. The van der Waals surface area contributed by atoms with E-state index >= 15 is 0 Å². The average Bonchev–Trinajstić information content (AvgIpc) is 2.96. The Kier molecular flexibility index (Phi) is 3.87. The highest BCUT2D eigenvalue weighted by atomic mass is 15.0. The van der Waals surface area contributed by atoms with Gasteiger partial charge in [0.05, 0.1) is 5.56 Å². The zero-order valence-electron chi connectivity index (χ0n) is 12.3. The van der Waals surface area contributed by atoms with Crippen molar-refractivity contribution in [3.63, 3.8) is 0 Å². The summed E-state index contributed by atoms with van der Waals surface area (Å²) >= 11 is 0. The number of hydrogen-bond donors (Lipinski definition) is 1. The monoisotopic (exact) mass is 277 g/mol. The minimum Gasteiger partial charge on any atom is -0.339 e. The van der Waals surface area contributed by atoms with Gasteiger partial charge in [0.2, 0.25) is 0 Å². The smallest absolute Gasteiger partial charge is 0.148 e. The minimum atomic E-state index is 0.633. The first-order valence-electron chi connectivity index (χ1n) is 7.59. The molecule has 1 heterocycles. The summed E-state index contributed by atoms with van der Waals surface area (Å²) in [5, 5.41) is 12.6. The molecular weight excluding hydrogens is 258 g/mol. The summed E-state index contributed by atoms with van der Waals surface area (Å²) in [5.41, 5.74) is 5.32. The molecule has 1 aliphatic rings. The van der Waals surface area contributed by atoms with E-state index in [1.54, 1.807) is 0 Å². The Morgan fingerprint density at radius 1 is 1.24 bits per heavy atom. The number of rotatable bonds is 4. The number of aryl methyl sites for hydroxylation is 3. The summed E-state index contributed by atoms with van der Waals surface area (Å²) in [4.78, 5) is 4.64.